The fourth-order valence-corrected chi connectivity index (χ4v) is 5.18. The van der Waals surface area contributed by atoms with E-state index in [2.05, 4.69) is 0 Å². The Balaban J connectivity index is 2.17. The molecule has 1 aliphatic rings. The molecule has 0 aromatic heterocycles. The first kappa shape index (κ1) is 20.2. The molecule has 1 aromatic rings. The third kappa shape index (κ3) is 4.93. The number of amides is 1. The Morgan fingerprint density at radius 3 is 2.56 bits per heavy atom. The Morgan fingerprint density at radius 1 is 1.32 bits per heavy atom. The Labute approximate surface area is 153 Å². The Hall–Kier alpha value is -1.16. The number of sulfone groups is 1. The summed E-state index contributed by atoms with van der Waals surface area (Å²) in [6.45, 7) is -0.0408. The Kier molecular flexibility index (Phi) is 6.13. The summed E-state index contributed by atoms with van der Waals surface area (Å²) in [6, 6.07) is 6.78. The summed E-state index contributed by atoms with van der Waals surface area (Å²) in [7, 11) is -5.63. The molecule has 1 fully saturated rings. The second kappa shape index (κ2) is 7.61. The van der Waals surface area contributed by atoms with Gasteiger partial charge in [-0.3, -0.25) is 4.79 Å². The maximum atomic E-state index is 12.6. The van der Waals surface area contributed by atoms with Crippen molar-refractivity contribution >= 4 is 37.4 Å². The van der Waals surface area contributed by atoms with Crippen LogP contribution in [0.2, 0.25) is 5.02 Å². The molecule has 1 aliphatic heterocycles. The third-order valence-corrected chi connectivity index (χ3v) is 7.98. The highest BCUT2D eigenvalue weighted by Crippen LogP contribution is 2.33. The van der Waals surface area contributed by atoms with Crippen molar-refractivity contribution in [3.63, 3.8) is 0 Å². The lowest BCUT2D eigenvalue weighted by atomic mass is 10.1. The summed E-state index contributed by atoms with van der Waals surface area (Å²) in [4.78, 5) is 13.7. The minimum Gasteiger partial charge on any atom is -0.340 e. The summed E-state index contributed by atoms with van der Waals surface area (Å²) in [6.07, 6.45) is 1.24. The molecule has 0 N–H and O–H groups in total. The van der Waals surface area contributed by atoms with Crippen molar-refractivity contribution in [1.29, 1.82) is 0 Å². The molecule has 7 nitrogen and oxygen atoms in total. The zero-order valence-corrected chi connectivity index (χ0v) is 16.4. The average molecular weight is 409 g/mol. The number of carbonyl (C=O) groups is 1. The Bertz CT molecular complexity index is 854. The minimum atomic E-state index is -3.48. The number of benzene rings is 1. The molecule has 0 saturated carbocycles. The molecule has 25 heavy (non-hydrogen) atoms. The van der Waals surface area contributed by atoms with Crippen LogP contribution in [0.5, 0.6) is 0 Å². The number of sulfonamides is 1. The summed E-state index contributed by atoms with van der Waals surface area (Å²) < 4.78 is 49.0. The third-order valence-electron chi connectivity index (χ3n) is 4.27. The smallest absolute Gasteiger partial charge is 0.237 e. The Morgan fingerprint density at radius 2 is 1.96 bits per heavy atom. The van der Waals surface area contributed by atoms with Crippen molar-refractivity contribution in [3.8, 4) is 0 Å². The summed E-state index contributed by atoms with van der Waals surface area (Å²) in [5, 5.41) is -0.390. The van der Waals surface area contributed by atoms with E-state index in [1.807, 2.05) is 0 Å². The molecule has 1 heterocycles. The van der Waals surface area contributed by atoms with Crippen molar-refractivity contribution in [3.05, 3.63) is 34.9 Å². The predicted molar refractivity (Wildman–Crippen MR) is 96.7 cm³/mol. The molecule has 0 bridgehead atoms. The van der Waals surface area contributed by atoms with Crippen LogP contribution in [0.15, 0.2) is 24.3 Å². The molecular formula is C15H21ClN2O5S2. The number of likely N-dealkylation sites (N-methyl/N-ethyl adjacent to an activating group) is 1. The van der Waals surface area contributed by atoms with E-state index in [0.29, 0.717) is 10.6 Å². The van der Waals surface area contributed by atoms with E-state index in [-0.39, 0.29) is 31.8 Å². The SMILES string of the molecule is CN(CC(=O)N1CC[C@@H](c2ccccc2Cl)S(=O)(=O)CC1)S(C)(=O)=O. The molecule has 0 unspecified atom stereocenters. The van der Waals surface area contributed by atoms with Gasteiger partial charge in [-0.15, -0.1) is 0 Å². The first-order chi connectivity index (χ1) is 11.5. The molecule has 2 rings (SSSR count). The molecule has 1 saturated heterocycles. The molecule has 1 atom stereocenters. The van der Waals surface area contributed by atoms with Crippen LogP contribution in [0.1, 0.15) is 17.2 Å². The van der Waals surface area contributed by atoms with E-state index >= 15 is 0 Å². The van der Waals surface area contributed by atoms with Crippen molar-refractivity contribution in [2.45, 2.75) is 11.7 Å². The normalized spacial score (nSPS) is 21.1. The van der Waals surface area contributed by atoms with E-state index in [1.54, 1.807) is 24.3 Å². The summed E-state index contributed by atoms with van der Waals surface area (Å²) >= 11 is 6.14. The second-order valence-electron chi connectivity index (χ2n) is 6.07. The topological polar surface area (TPSA) is 91.8 Å². The number of carbonyl (C=O) groups excluding carboxylic acids is 1. The van der Waals surface area contributed by atoms with Gasteiger partial charge in [0, 0.05) is 25.2 Å². The molecular weight excluding hydrogens is 388 g/mol. The van der Waals surface area contributed by atoms with Gasteiger partial charge in [-0.1, -0.05) is 29.8 Å². The van der Waals surface area contributed by atoms with Gasteiger partial charge in [0.25, 0.3) is 0 Å². The van der Waals surface area contributed by atoms with Gasteiger partial charge in [0.2, 0.25) is 15.9 Å². The predicted octanol–water partition coefficient (Wildman–Crippen LogP) is 0.920. The zero-order chi connectivity index (χ0) is 18.8. The van der Waals surface area contributed by atoms with Gasteiger partial charge in [0.15, 0.2) is 9.84 Å². The van der Waals surface area contributed by atoms with Crippen LogP contribution < -0.4 is 0 Å². The maximum absolute atomic E-state index is 12.6. The molecule has 140 valence electrons. The van der Waals surface area contributed by atoms with Gasteiger partial charge in [-0.2, -0.15) is 4.31 Å². The minimum absolute atomic E-state index is 0.0414. The van der Waals surface area contributed by atoms with Gasteiger partial charge in [0.1, 0.15) is 0 Å². The summed E-state index contributed by atoms with van der Waals surface area (Å²) in [5.74, 6) is -0.597. The largest absolute Gasteiger partial charge is 0.340 e. The lowest BCUT2D eigenvalue weighted by Crippen LogP contribution is -2.42. The number of halogens is 1. The van der Waals surface area contributed by atoms with Gasteiger partial charge >= 0.3 is 0 Å². The van der Waals surface area contributed by atoms with E-state index in [9.17, 15) is 21.6 Å². The first-order valence-electron chi connectivity index (χ1n) is 7.67. The molecule has 0 aliphatic carbocycles. The van der Waals surface area contributed by atoms with E-state index < -0.39 is 31.0 Å². The number of hydrogen-bond donors (Lipinski definition) is 0. The molecule has 0 spiro atoms. The zero-order valence-electron chi connectivity index (χ0n) is 14.1. The van der Waals surface area contributed by atoms with Crippen LogP contribution in [0.3, 0.4) is 0 Å². The van der Waals surface area contributed by atoms with Crippen LogP contribution in [0, 0.1) is 0 Å². The fourth-order valence-electron chi connectivity index (χ4n) is 2.69. The van der Waals surface area contributed by atoms with Gasteiger partial charge in [-0.05, 0) is 18.1 Å². The lowest BCUT2D eigenvalue weighted by molar-refractivity contribution is -0.130. The van der Waals surface area contributed by atoms with Gasteiger partial charge in [0.05, 0.1) is 23.8 Å². The molecule has 10 heteroatoms. The lowest BCUT2D eigenvalue weighted by Gasteiger charge is -2.23. The first-order valence-corrected chi connectivity index (χ1v) is 11.6. The standard InChI is InChI=1S/C15H21ClN2O5S2/c1-17(24(2,20)21)11-15(19)18-8-7-14(25(22,23)10-9-18)12-5-3-4-6-13(12)16/h3-6,14H,7-11H2,1-2H3/t14-/m0/s1. The van der Waals surface area contributed by atoms with Gasteiger partial charge in [-0.25, -0.2) is 16.8 Å². The number of hydrogen-bond acceptors (Lipinski definition) is 5. The van der Waals surface area contributed by atoms with E-state index in [1.165, 1.54) is 11.9 Å². The van der Waals surface area contributed by atoms with Gasteiger partial charge < -0.3 is 4.90 Å². The monoisotopic (exact) mass is 408 g/mol. The highest BCUT2D eigenvalue weighted by molar-refractivity contribution is 7.91. The van der Waals surface area contributed by atoms with Crippen LogP contribution in [-0.4, -0.2) is 70.6 Å². The highest BCUT2D eigenvalue weighted by atomic mass is 35.5. The molecule has 0 radical (unpaired) electrons. The number of rotatable bonds is 4. The molecule has 1 aromatic carbocycles. The number of nitrogens with zero attached hydrogens (tertiary/aromatic N) is 2. The maximum Gasteiger partial charge on any atom is 0.237 e. The fraction of sp³-hybridized carbons (Fsp3) is 0.533. The quantitative estimate of drug-likeness (QED) is 0.738. The van der Waals surface area contributed by atoms with Crippen LogP contribution in [-0.2, 0) is 24.7 Å². The highest BCUT2D eigenvalue weighted by Gasteiger charge is 2.34. The summed E-state index contributed by atoms with van der Waals surface area (Å²) in [5.41, 5.74) is 0.534. The molecule has 1 amide bonds. The van der Waals surface area contributed by atoms with E-state index in [0.717, 1.165) is 10.6 Å². The average Bonchev–Trinajstić information content (AvgIpc) is 2.65. The second-order valence-corrected chi connectivity index (χ2v) is 10.9. The van der Waals surface area contributed by atoms with Crippen LogP contribution >= 0.6 is 11.6 Å². The van der Waals surface area contributed by atoms with Crippen molar-refractivity contribution in [1.82, 2.24) is 9.21 Å². The van der Waals surface area contributed by atoms with E-state index in [4.69, 9.17) is 11.6 Å². The van der Waals surface area contributed by atoms with Crippen molar-refractivity contribution < 1.29 is 21.6 Å². The van der Waals surface area contributed by atoms with Crippen LogP contribution in [0.4, 0.5) is 0 Å². The van der Waals surface area contributed by atoms with Crippen LogP contribution in [0.25, 0.3) is 0 Å². The van der Waals surface area contributed by atoms with Crippen molar-refractivity contribution in [2.75, 3.05) is 38.7 Å². The van der Waals surface area contributed by atoms with Crippen molar-refractivity contribution in [2.24, 2.45) is 0 Å².